The van der Waals surface area contributed by atoms with Crippen LogP contribution in [0.25, 0.3) is 6.08 Å². The van der Waals surface area contributed by atoms with E-state index in [1.807, 2.05) is 32.0 Å². The van der Waals surface area contributed by atoms with Crippen molar-refractivity contribution in [2.75, 3.05) is 18.5 Å². The number of hydrogen-bond donors (Lipinski definition) is 1. The molecule has 29 heavy (non-hydrogen) atoms. The second-order valence-electron chi connectivity index (χ2n) is 6.75. The summed E-state index contributed by atoms with van der Waals surface area (Å²) in [5.41, 5.74) is 3.30. The first-order valence-corrected chi connectivity index (χ1v) is 9.57. The maximum atomic E-state index is 12.3. The summed E-state index contributed by atoms with van der Waals surface area (Å²) < 4.78 is 16.2. The lowest BCUT2D eigenvalue weighted by Gasteiger charge is -2.19. The molecule has 0 radical (unpaired) electrons. The molecule has 0 saturated heterocycles. The number of amides is 1. The Morgan fingerprint density at radius 3 is 2.72 bits per heavy atom. The zero-order chi connectivity index (χ0) is 21.0. The predicted octanol–water partition coefficient (Wildman–Crippen LogP) is 4.31. The molecule has 1 N–H and O–H groups in total. The smallest absolute Gasteiger partial charge is 0.331 e. The lowest BCUT2D eigenvalue weighted by Crippen LogP contribution is -2.29. The number of ether oxygens (including phenoxy) is 3. The van der Waals surface area contributed by atoms with Gasteiger partial charge in [-0.1, -0.05) is 23.7 Å². The van der Waals surface area contributed by atoms with Crippen LogP contribution in [0.2, 0.25) is 5.02 Å². The Bertz CT molecular complexity index is 970. The van der Waals surface area contributed by atoms with Gasteiger partial charge < -0.3 is 19.5 Å². The number of fused-ring (bicyclic) bond motifs is 1. The van der Waals surface area contributed by atoms with E-state index in [0.717, 1.165) is 11.1 Å². The number of esters is 1. The summed E-state index contributed by atoms with van der Waals surface area (Å²) in [6.45, 7) is 6.23. The van der Waals surface area contributed by atoms with E-state index in [1.165, 1.54) is 13.0 Å². The molecule has 7 heteroatoms. The van der Waals surface area contributed by atoms with Crippen molar-refractivity contribution in [2.24, 2.45) is 0 Å². The van der Waals surface area contributed by atoms with Crippen molar-refractivity contribution in [3.8, 4) is 11.5 Å². The van der Waals surface area contributed by atoms with Gasteiger partial charge in [-0.2, -0.15) is 0 Å². The molecule has 0 saturated carbocycles. The van der Waals surface area contributed by atoms with Crippen LogP contribution in [0.15, 0.2) is 36.4 Å². The van der Waals surface area contributed by atoms with Crippen LogP contribution in [-0.4, -0.2) is 31.2 Å². The monoisotopic (exact) mass is 415 g/mol. The van der Waals surface area contributed by atoms with Gasteiger partial charge in [0.15, 0.2) is 17.6 Å². The number of carbonyl (C=O) groups is 2. The number of carbonyl (C=O) groups excluding carboxylic acids is 2. The average molecular weight is 416 g/mol. The van der Waals surface area contributed by atoms with Gasteiger partial charge in [-0.05, 0) is 61.7 Å². The first-order chi connectivity index (χ1) is 13.8. The summed E-state index contributed by atoms with van der Waals surface area (Å²) in [7, 11) is 0. The van der Waals surface area contributed by atoms with E-state index >= 15 is 0 Å². The van der Waals surface area contributed by atoms with Gasteiger partial charge in [-0.15, -0.1) is 0 Å². The molecule has 1 atom stereocenters. The SMILES string of the molecule is Cc1ccc(C)c(NC(=O)[C@H](C)OC(=O)/C=C/c2cc(Cl)c3c(c2)OCCO3)c1. The molecule has 0 unspecified atom stereocenters. The first-order valence-electron chi connectivity index (χ1n) is 9.19. The van der Waals surface area contributed by atoms with Crippen LogP contribution >= 0.6 is 11.6 Å². The van der Waals surface area contributed by atoms with Crippen LogP contribution < -0.4 is 14.8 Å². The van der Waals surface area contributed by atoms with E-state index in [-0.39, 0.29) is 0 Å². The van der Waals surface area contributed by atoms with Gasteiger partial charge in [0, 0.05) is 11.8 Å². The first kappa shape index (κ1) is 20.7. The third kappa shape index (κ3) is 5.29. The lowest BCUT2D eigenvalue weighted by atomic mass is 10.1. The summed E-state index contributed by atoms with van der Waals surface area (Å²) in [6, 6.07) is 9.13. The van der Waals surface area contributed by atoms with Crippen molar-refractivity contribution < 1.29 is 23.8 Å². The van der Waals surface area contributed by atoms with Crippen molar-refractivity contribution in [1.29, 1.82) is 0 Å². The fourth-order valence-electron chi connectivity index (χ4n) is 2.76. The van der Waals surface area contributed by atoms with Crippen LogP contribution in [0.3, 0.4) is 0 Å². The number of benzene rings is 2. The topological polar surface area (TPSA) is 73.9 Å². The Morgan fingerprint density at radius 2 is 1.93 bits per heavy atom. The largest absolute Gasteiger partial charge is 0.486 e. The Morgan fingerprint density at radius 1 is 1.17 bits per heavy atom. The highest BCUT2D eigenvalue weighted by molar-refractivity contribution is 6.32. The average Bonchev–Trinajstić information content (AvgIpc) is 2.69. The Balaban J connectivity index is 1.60. The van der Waals surface area contributed by atoms with Gasteiger partial charge in [0.2, 0.25) is 0 Å². The third-order valence-electron chi connectivity index (χ3n) is 4.34. The normalized spacial score (nSPS) is 13.8. The minimum atomic E-state index is -0.948. The Hall–Kier alpha value is -2.99. The molecule has 6 nitrogen and oxygen atoms in total. The van der Waals surface area contributed by atoms with Gasteiger partial charge >= 0.3 is 5.97 Å². The molecule has 2 aromatic rings. The maximum absolute atomic E-state index is 12.3. The molecule has 1 aliphatic rings. The molecule has 0 aromatic heterocycles. The van der Waals surface area contributed by atoms with E-state index in [9.17, 15) is 9.59 Å². The molecule has 3 rings (SSSR count). The molecule has 2 aromatic carbocycles. The van der Waals surface area contributed by atoms with Crippen LogP contribution in [-0.2, 0) is 14.3 Å². The molecule has 0 aliphatic carbocycles. The van der Waals surface area contributed by atoms with E-state index in [1.54, 1.807) is 18.2 Å². The second kappa shape index (κ2) is 9.01. The Labute approximate surface area is 174 Å². The van der Waals surface area contributed by atoms with Crippen LogP contribution in [0.1, 0.15) is 23.6 Å². The second-order valence-corrected chi connectivity index (χ2v) is 7.15. The van der Waals surface area contributed by atoms with E-state index < -0.39 is 18.0 Å². The van der Waals surface area contributed by atoms with Gasteiger partial charge in [-0.25, -0.2) is 4.79 Å². The standard InChI is InChI=1S/C22H22ClNO5/c1-13-4-5-14(2)18(10-13)24-22(26)15(3)29-20(25)7-6-16-11-17(23)21-19(12-16)27-8-9-28-21/h4-7,10-12,15H,8-9H2,1-3H3,(H,24,26)/b7-6+/t15-/m0/s1. The number of rotatable bonds is 5. The number of anilines is 1. The van der Waals surface area contributed by atoms with Crippen molar-refractivity contribution >= 4 is 35.2 Å². The lowest BCUT2D eigenvalue weighted by molar-refractivity contribution is -0.148. The molecule has 0 bridgehead atoms. The van der Waals surface area contributed by atoms with Crippen molar-refractivity contribution in [1.82, 2.24) is 0 Å². The Kier molecular flexibility index (Phi) is 6.44. The highest BCUT2D eigenvalue weighted by Gasteiger charge is 2.18. The number of nitrogens with one attached hydrogen (secondary N) is 1. The zero-order valence-electron chi connectivity index (χ0n) is 16.5. The zero-order valence-corrected chi connectivity index (χ0v) is 17.2. The third-order valence-corrected chi connectivity index (χ3v) is 4.62. The van der Waals surface area contributed by atoms with Crippen LogP contribution in [0.4, 0.5) is 5.69 Å². The van der Waals surface area contributed by atoms with Crippen LogP contribution in [0.5, 0.6) is 11.5 Å². The van der Waals surface area contributed by atoms with Gasteiger partial charge in [0.1, 0.15) is 13.2 Å². The van der Waals surface area contributed by atoms with Gasteiger partial charge in [0.05, 0.1) is 5.02 Å². The fraction of sp³-hybridized carbons (Fsp3) is 0.273. The van der Waals surface area contributed by atoms with Crippen molar-refractivity contribution in [2.45, 2.75) is 26.9 Å². The van der Waals surface area contributed by atoms with E-state index in [2.05, 4.69) is 5.32 Å². The molecular weight excluding hydrogens is 394 g/mol. The minimum Gasteiger partial charge on any atom is -0.486 e. The molecule has 1 amide bonds. The summed E-state index contributed by atoms with van der Waals surface area (Å²) in [6.07, 6.45) is 1.83. The molecule has 1 heterocycles. The summed E-state index contributed by atoms with van der Waals surface area (Å²) in [5.74, 6) is -0.0186. The number of hydrogen-bond acceptors (Lipinski definition) is 5. The highest BCUT2D eigenvalue weighted by atomic mass is 35.5. The van der Waals surface area contributed by atoms with E-state index in [4.69, 9.17) is 25.8 Å². The quantitative estimate of drug-likeness (QED) is 0.581. The number of halogens is 1. The van der Waals surface area contributed by atoms with E-state index in [0.29, 0.717) is 41.0 Å². The van der Waals surface area contributed by atoms with Crippen molar-refractivity contribution in [3.05, 3.63) is 58.1 Å². The van der Waals surface area contributed by atoms with Crippen molar-refractivity contribution in [3.63, 3.8) is 0 Å². The fourth-order valence-corrected chi connectivity index (χ4v) is 3.04. The summed E-state index contributed by atoms with van der Waals surface area (Å²) in [4.78, 5) is 24.4. The summed E-state index contributed by atoms with van der Waals surface area (Å²) >= 11 is 6.18. The molecule has 0 fully saturated rings. The molecular formula is C22H22ClNO5. The molecule has 1 aliphatic heterocycles. The van der Waals surface area contributed by atoms with Gasteiger partial charge in [-0.3, -0.25) is 4.79 Å². The minimum absolute atomic E-state index is 0.400. The highest BCUT2D eigenvalue weighted by Crippen LogP contribution is 2.38. The number of aryl methyl sites for hydroxylation is 2. The molecule has 152 valence electrons. The maximum Gasteiger partial charge on any atom is 0.331 e. The predicted molar refractivity (Wildman–Crippen MR) is 112 cm³/mol. The van der Waals surface area contributed by atoms with Crippen LogP contribution in [0, 0.1) is 13.8 Å². The summed E-state index contributed by atoms with van der Waals surface area (Å²) in [5, 5.41) is 3.18. The van der Waals surface area contributed by atoms with Gasteiger partial charge in [0.25, 0.3) is 5.91 Å². The molecule has 0 spiro atoms.